The highest BCUT2D eigenvalue weighted by Crippen LogP contribution is 2.28. The van der Waals surface area contributed by atoms with Crippen LogP contribution in [0.3, 0.4) is 0 Å². The first-order valence-electron chi connectivity index (χ1n) is 5.38. The fourth-order valence-electron chi connectivity index (χ4n) is 1.70. The van der Waals surface area contributed by atoms with Crippen LogP contribution in [0.25, 0.3) is 22.3 Å². The minimum atomic E-state index is 0.632. The van der Waals surface area contributed by atoms with E-state index in [0.29, 0.717) is 16.5 Å². The SMILES string of the molecule is c1ncc2[nH]c(Sc3ncnc4nc[nH]c34)nc2n1. The third kappa shape index (κ3) is 1.71. The lowest BCUT2D eigenvalue weighted by Gasteiger charge is -1.96. The average Bonchev–Trinajstić information content (AvgIpc) is 3.04. The molecule has 92 valence electrons. The number of hydrogen-bond donors (Lipinski definition) is 2. The molecule has 0 aliphatic rings. The molecular formula is C10H6N8S. The summed E-state index contributed by atoms with van der Waals surface area (Å²) in [5.74, 6) is 0. The number of aromatic amines is 2. The van der Waals surface area contributed by atoms with Crippen molar-refractivity contribution in [2.75, 3.05) is 0 Å². The molecule has 0 fully saturated rings. The molecule has 2 N–H and O–H groups in total. The Morgan fingerprint density at radius 1 is 1.00 bits per heavy atom. The van der Waals surface area contributed by atoms with Crippen molar-refractivity contribution in [3.05, 3.63) is 25.2 Å². The normalized spacial score (nSPS) is 11.4. The maximum absolute atomic E-state index is 4.36. The second-order valence-electron chi connectivity index (χ2n) is 3.68. The van der Waals surface area contributed by atoms with Gasteiger partial charge >= 0.3 is 0 Å². The Morgan fingerprint density at radius 2 is 1.95 bits per heavy atom. The molecule has 0 aliphatic heterocycles. The fourth-order valence-corrected chi connectivity index (χ4v) is 2.53. The lowest BCUT2D eigenvalue weighted by atomic mass is 10.6. The molecule has 0 unspecified atom stereocenters. The predicted octanol–water partition coefficient (Wildman–Crippen LogP) is 1.17. The molecule has 19 heavy (non-hydrogen) atoms. The van der Waals surface area contributed by atoms with Gasteiger partial charge in [-0.15, -0.1) is 0 Å². The van der Waals surface area contributed by atoms with E-state index in [1.807, 2.05) is 0 Å². The van der Waals surface area contributed by atoms with Gasteiger partial charge in [0.2, 0.25) is 0 Å². The second-order valence-corrected chi connectivity index (χ2v) is 4.66. The first-order chi connectivity index (χ1) is 9.40. The maximum atomic E-state index is 4.36. The molecule has 0 amide bonds. The standard InChI is InChI=1S/C10H6N8S/c1-5-7(13-2-11-1)18-10(17-5)19-9-6-8(14-3-12-6)15-4-16-9/h1-4H,(H,11,13,17,18)(H,12,14,15,16). The van der Waals surface area contributed by atoms with E-state index < -0.39 is 0 Å². The fraction of sp³-hybridized carbons (Fsp3) is 0. The van der Waals surface area contributed by atoms with Crippen molar-refractivity contribution in [3.8, 4) is 0 Å². The zero-order chi connectivity index (χ0) is 12.7. The number of fused-ring (bicyclic) bond motifs is 2. The molecular weight excluding hydrogens is 264 g/mol. The second kappa shape index (κ2) is 3.99. The molecule has 0 saturated heterocycles. The molecule has 0 radical (unpaired) electrons. The molecule has 0 atom stereocenters. The van der Waals surface area contributed by atoms with Crippen LogP contribution >= 0.6 is 11.8 Å². The van der Waals surface area contributed by atoms with Crippen molar-refractivity contribution in [2.45, 2.75) is 10.2 Å². The molecule has 0 aromatic carbocycles. The lowest BCUT2D eigenvalue weighted by Crippen LogP contribution is -1.86. The highest BCUT2D eigenvalue weighted by Gasteiger charge is 2.11. The summed E-state index contributed by atoms with van der Waals surface area (Å²) in [6.07, 6.45) is 6.22. The van der Waals surface area contributed by atoms with E-state index in [1.54, 1.807) is 12.5 Å². The number of rotatable bonds is 2. The van der Waals surface area contributed by atoms with Crippen LogP contribution in [0.15, 0.2) is 35.4 Å². The van der Waals surface area contributed by atoms with Gasteiger partial charge in [-0.3, -0.25) is 0 Å². The smallest absolute Gasteiger partial charge is 0.181 e. The summed E-state index contributed by atoms with van der Waals surface area (Å²) < 4.78 is 0. The van der Waals surface area contributed by atoms with E-state index in [9.17, 15) is 0 Å². The molecule has 0 saturated carbocycles. The zero-order valence-corrected chi connectivity index (χ0v) is 10.2. The van der Waals surface area contributed by atoms with Gasteiger partial charge in [0, 0.05) is 0 Å². The molecule has 4 aromatic rings. The third-order valence-electron chi connectivity index (χ3n) is 2.52. The van der Waals surface area contributed by atoms with Crippen molar-refractivity contribution in [1.29, 1.82) is 0 Å². The van der Waals surface area contributed by atoms with Gasteiger partial charge < -0.3 is 9.97 Å². The van der Waals surface area contributed by atoms with Gasteiger partial charge in [0.1, 0.15) is 28.7 Å². The van der Waals surface area contributed by atoms with Crippen molar-refractivity contribution >= 4 is 34.1 Å². The van der Waals surface area contributed by atoms with Gasteiger partial charge in [0.05, 0.1) is 12.5 Å². The van der Waals surface area contributed by atoms with Gasteiger partial charge in [-0.25, -0.2) is 29.9 Å². The van der Waals surface area contributed by atoms with Crippen LogP contribution in [-0.2, 0) is 0 Å². The van der Waals surface area contributed by atoms with E-state index in [1.165, 1.54) is 24.4 Å². The van der Waals surface area contributed by atoms with Crippen LogP contribution < -0.4 is 0 Å². The molecule has 4 rings (SSSR count). The monoisotopic (exact) mass is 270 g/mol. The number of imidazole rings is 2. The Morgan fingerprint density at radius 3 is 2.89 bits per heavy atom. The van der Waals surface area contributed by atoms with Crippen LogP contribution in [0.1, 0.15) is 0 Å². The first-order valence-corrected chi connectivity index (χ1v) is 6.19. The van der Waals surface area contributed by atoms with Gasteiger partial charge in [0.15, 0.2) is 16.5 Å². The Labute approximate surface area is 110 Å². The van der Waals surface area contributed by atoms with E-state index >= 15 is 0 Å². The summed E-state index contributed by atoms with van der Waals surface area (Å²) in [7, 11) is 0. The first kappa shape index (κ1) is 10.4. The van der Waals surface area contributed by atoms with E-state index in [-0.39, 0.29) is 0 Å². The van der Waals surface area contributed by atoms with Crippen LogP contribution in [0.2, 0.25) is 0 Å². The van der Waals surface area contributed by atoms with E-state index in [0.717, 1.165) is 16.1 Å². The Kier molecular flexibility index (Phi) is 2.18. The van der Waals surface area contributed by atoms with Crippen molar-refractivity contribution in [2.24, 2.45) is 0 Å². The van der Waals surface area contributed by atoms with Crippen LogP contribution in [0.4, 0.5) is 0 Å². The molecule has 4 heterocycles. The average molecular weight is 270 g/mol. The molecule has 0 bridgehead atoms. The van der Waals surface area contributed by atoms with E-state index in [4.69, 9.17) is 0 Å². The topological polar surface area (TPSA) is 109 Å². The van der Waals surface area contributed by atoms with Crippen LogP contribution in [0, 0.1) is 0 Å². The highest BCUT2D eigenvalue weighted by molar-refractivity contribution is 7.99. The largest absolute Gasteiger partial charge is 0.341 e. The molecule has 0 aliphatic carbocycles. The molecule has 4 aromatic heterocycles. The number of aromatic nitrogens is 8. The lowest BCUT2D eigenvalue weighted by molar-refractivity contribution is 1.04. The number of hydrogen-bond acceptors (Lipinski definition) is 7. The summed E-state index contributed by atoms with van der Waals surface area (Å²) in [4.78, 5) is 30.9. The molecule has 9 heteroatoms. The van der Waals surface area contributed by atoms with Crippen molar-refractivity contribution in [1.82, 2.24) is 39.9 Å². The zero-order valence-electron chi connectivity index (χ0n) is 9.40. The number of H-pyrrole nitrogens is 2. The Bertz CT molecular complexity index is 833. The summed E-state index contributed by atoms with van der Waals surface area (Å²) in [5.41, 5.74) is 2.85. The quantitative estimate of drug-likeness (QED) is 0.526. The molecule has 0 spiro atoms. The van der Waals surface area contributed by atoms with Gasteiger partial charge in [-0.1, -0.05) is 0 Å². The van der Waals surface area contributed by atoms with Crippen molar-refractivity contribution < 1.29 is 0 Å². The van der Waals surface area contributed by atoms with Crippen molar-refractivity contribution in [3.63, 3.8) is 0 Å². The van der Waals surface area contributed by atoms with E-state index in [2.05, 4.69) is 39.9 Å². The third-order valence-corrected chi connectivity index (χ3v) is 3.41. The summed E-state index contributed by atoms with van der Waals surface area (Å²) in [5, 5.41) is 1.46. The Balaban J connectivity index is 1.79. The Hall–Kier alpha value is -2.55. The van der Waals surface area contributed by atoms with Gasteiger partial charge in [0.25, 0.3) is 0 Å². The summed E-state index contributed by atoms with van der Waals surface area (Å²) in [6.45, 7) is 0. The maximum Gasteiger partial charge on any atom is 0.181 e. The number of nitrogens with zero attached hydrogens (tertiary/aromatic N) is 6. The van der Waals surface area contributed by atoms with Crippen LogP contribution in [0.5, 0.6) is 0 Å². The minimum Gasteiger partial charge on any atom is -0.341 e. The molecule has 8 nitrogen and oxygen atoms in total. The summed E-state index contributed by atoms with van der Waals surface area (Å²) >= 11 is 1.39. The summed E-state index contributed by atoms with van der Waals surface area (Å²) in [6, 6.07) is 0. The highest BCUT2D eigenvalue weighted by atomic mass is 32.2. The number of nitrogens with one attached hydrogen (secondary N) is 2. The van der Waals surface area contributed by atoms with Gasteiger partial charge in [-0.2, -0.15) is 0 Å². The minimum absolute atomic E-state index is 0.632. The van der Waals surface area contributed by atoms with Crippen LogP contribution in [-0.4, -0.2) is 39.9 Å². The predicted molar refractivity (Wildman–Crippen MR) is 67.5 cm³/mol. The van der Waals surface area contributed by atoms with Gasteiger partial charge in [-0.05, 0) is 11.8 Å².